The molecule has 4 aromatic rings. The zero-order valence-corrected chi connectivity index (χ0v) is 21.4. The van der Waals surface area contributed by atoms with Crippen molar-refractivity contribution in [2.45, 2.75) is 31.1 Å². The topological polar surface area (TPSA) is 179 Å². The molecule has 2 aromatic heterocycles. The normalized spacial score (nSPS) is 12.6. The van der Waals surface area contributed by atoms with E-state index in [1.807, 2.05) is 6.07 Å². The Morgan fingerprint density at radius 2 is 1.84 bits per heavy atom. The fourth-order valence-electron chi connectivity index (χ4n) is 4.13. The summed E-state index contributed by atoms with van der Waals surface area (Å²) in [5.74, 6) is -0.282. The molecule has 0 saturated heterocycles. The van der Waals surface area contributed by atoms with Crippen LogP contribution in [0.15, 0.2) is 53.4 Å². The molecular formula is C24H26N5O6S2+. The van der Waals surface area contributed by atoms with Gasteiger partial charge in [-0.2, -0.15) is 5.48 Å². The first-order valence-electron chi connectivity index (χ1n) is 11.4. The highest BCUT2D eigenvalue weighted by atomic mass is 32.2. The van der Waals surface area contributed by atoms with Crippen molar-refractivity contribution < 1.29 is 34.1 Å². The van der Waals surface area contributed by atoms with Crippen molar-refractivity contribution in [2.24, 2.45) is 0 Å². The Kier molecular flexibility index (Phi) is 7.71. The van der Waals surface area contributed by atoms with E-state index < -0.39 is 16.0 Å². The Morgan fingerprint density at radius 1 is 1.11 bits per heavy atom. The average molecular weight is 545 g/mol. The van der Waals surface area contributed by atoms with Crippen molar-refractivity contribution in [3.05, 3.63) is 64.5 Å². The molecule has 0 fully saturated rings. The lowest BCUT2D eigenvalue weighted by Gasteiger charge is -2.14. The van der Waals surface area contributed by atoms with E-state index in [9.17, 15) is 18.4 Å². The van der Waals surface area contributed by atoms with E-state index in [2.05, 4.69) is 20.0 Å². The van der Waals surface area contributed by atoms with Crippen molar-refractivity contribution in [1.82, 2.24) is 9.97 Å². The summed E-state index contributed by atoms with van der Waals surface area (Å²) in [4.78, 5) is 23.0. The zero-order chi connectivity index (χ0) is 25.3. The van der Waals surface area contributed by atoms with Gasteiger partial charge in [0.05, 0.1) is 28.1 Å². The minimum absolute atomic E-state index is 0. The number of para-hydroxylation sites is 2. The molecule has 0 saturated carbocycles. The van der Waals surface area contributed by atoms with Crippen LogP contribution in [0.5, 0.6) is 0 Å². The van der Waals surface area contributed by atoms with Crippen LogP contribution in [-0.4, -0.2) is 41.6 Å². The Labute approximate surface area is 216 Å². The van der Waals surface area contributed by atoms with Crippen molar-refractivity contribution in [2.75, 3.05) is 16.6 Å². The number of nitrogens with one attached hydrogen (secondary N) is 2. The van der Waals surface area contributed by atoms with Crippen molar-refractivity contribution in [1.29, 1.82) is 0 Å². The number of esters is 1. The van der Waals surface area contributed by atoms with E-state index in [1.165, 1.54) is 29.5 Å². The van der Waals surface area contributed by atoms with Gasteiger partial charge in [-0.3, -0.25) is 4.72 Å². The number of nitrogens with two attached hydrogens (primary N) is 1. The van der Waals surface area contributed by atoms with Gasteiger partial charge in [-0.15, -0.1) is 11.3 Å². The maximum atomic E-state index is 13.2. The van der Waals surface area contributed by atoms with E-state index in [-0.39, 0.29) is 28.6 Å². The number of benzene rings is 2. The van der Waals surface area contributed by atoms with Gasteiger partial charge in [0.25, 0.3) is 10.0 Å². The molecule has 5 rings (SSSR count). The molecule has 11 nitrogen and oxygen atoms in total. The third kappa shape index (κ3) is 5.26. The Bertz CT molecular complexity index is 1570. The first-order valence-corrected chi connectivity index (χ1v) is 13.7. The minimum Gasteiger partial charge on any atom is -0.462 e. The third-order valence-electron chi connectivity index (χ3n) is 5.75. The van der Waals surface area contributed by atoms with Gasteiger partial charge in [-0.05, 0) is 49.9 Å². The summed E-state index contributed by atoms with van der Waals surface area (Å²) in [6.45, 7) is 2.00. The van der Waals surface area contributed by atoms with Gasteiger partial charge in [0.1, 0.15) is 5.00 Å². The number of sulfonamides is 1. The third-order valence-corrected chi connectivity index (χ3v) is 8.30. The smallest absolute Gasteiger partial charge is 0.341 e. The van der Waals surface area contributed by atoms with Crippen LogP contribution in [0.3, 0.4) is 0 Å². The van der Waals surface area contributed by atoms with E-state index >= 15 is 0 Å². The molecule has 2 aromatic carbocycles. The second kappa shape index (κ2) is 10.8. The van der Waals surface area contributed by atoms with Crippen LogP contribution in [0, 0.1) is 0 Å². The molecule has 1 aliphatic rings. The summed E-state index contributed by atoms with van der Waals surface area (Å²) >= 11 is 1.44. The average Bonchev–Trinajstić information content (AvgIpc) is 3.45. The fraction of sp³-hybridized carbons (Fsp3) is 0.208. The summed E-state index contributed by atoms with van der Waals surface area (Å²) in [5.41, 5.74) is 3.65. The van der Waals surface area contributed by atoms with E-state index in [0.717, 1.165) is 35.2 Å². The van der Waals surface area contributed by atoms with Gasteiger partial charge in [0.15, 0.2) is 17.3 Å². The maximum Gasteiger partial charge on any atom is 0.341 e. The lowest BCUT2D eigenvalue weighted by atomic mass is 10.1. The number of aryl methyl sites for hydroxylation is 1. The molecule has 13 heteroatoms. The molecule has 2 heterocycles. The van der Waals surface area contributed by atoms with Gasteiger partial charge in [-0.1, -0.05) is 18.2 Å². The molecule has 7 N–H and O–H groups in total. The number of aromatic nitrogens is 2. The number of anilines is 3. The predicted octanol–water partition coefficient (Wildman–Crippen LogP) is 2.66. The molecule has 194 valence electrons. The second-order valence-corrected chi connectivity index (χ2v) is 10.9. The first-order chi connectivity index (χ1) is 17.4. The quantitative estimate of drug-likeness (QED) is 0.148. The first kappa shape index (κ1) is 26.4. The molecule has 37 heavy (non-hydrogen) atoms. The van der Waals surface area contributed by atoms with Crippen LogP contribution in [-0.2, 0) is 27.6 Å². The van der Waals surface area contributed by atoms with Crippen LogP contribution >= 0.6 is 11.3 Å². The van der Waals surface area contributed by atoms with E-state index in [4.69, 9.17) is 4.74 Å². The van der Waals surface area contributed by atoms with Gasteiger partial charge in [0.2, 0.25) is 0 Å². The van der Waals surface area contributed by atoms with E-state index in [0.29, 0.717) is 27.3 Å². The van der Waals surface area contributed by atoms with E-state index in [1.54, 1.807) is 31.2 Å². The molecule has 0 aliphatic heterocycles. The molecule has 0 atom stereocenters. The van der Waals surface area contributed by atoms with Gasteiger partial charge >= 0.3 is 5.97 Å². The number of carbonyl (C=O) groups excluding carboxylic acids is 1. The van der Waals surface area contributed by atoms with Crippen molar-refractivity contribution in [3.8, 4) is 0 Å². The summed E-state index contributed by atoms with van der Waals surface area (Å²) in [6, 6.07) is 13.0. The maximum absolute atomic E-state index is 13.2. The molecule has 0 bridgehead atoms. The van der Waals surface area contributed by atoms with Crippen molar-refractivity contribution in [3.63, 3.8) is 0 Å². The molecule has 0 amide bonds. The van der Waals surface area contributed by atoms with Crippen LogP contribution in [0.25, 0.3) is 11.0 Å². The van der Waals surface area contributed by atoms with Crippen LogP contribution in [0.4, 0.5) is 22.3 Å². The summed E-state index contributed by atoms with van der Waals surface area (Å²) < 4.78 is 34.2. The zero-order valence-electron chi connectivity index (χ0n) is 19.8. The summed E-state index contributed by atoms with van der Waals surface area (Å²) in [6.07, 6.45) is 2.62. The minimum atomic E-state index is -4.07. The Hall–Kier alpha value is -3.62. The molecule has 1 aliphatic carbocycles. The number of nitrogens with zero attached hydrogens (tertiary/aromatic N) is 2. The number of rotatable bonds is 8. The summed E-state index contributed by atoms with van der Waals surface area (Å²) in [7, 11) is -4.07. The highest BCUT2D eigenvalue weighted by Gasteiger charge is 2.29. The number of ether oxygens (including phenoxy) is 1. The summed E-state index contributed by atoms with van der Waals surface area (Å²) in [5, 5.41) is 13.0. The Morgan fingerprint density at radius 3 is 2.54 bits per heavy atom. The molecular weight excluding hydrogens is 518 g/mol. The highest BCUT2D eigenvalue weighted by Crippen LogP contribution is 2.41. The number of carbonyl (C=O) groups is 1. The highest BCUT2D eigenvalue weighted by molar-refractivity contribution is 7.92. The number of fused-ring (bicyclic) bond motifs is 2. The van der Waals surface area contributed by atoms with Gasteiger partial charge in [-0.25, -0.2) is 28.4 Å². The molecule has 0 spiro atoms. The number of quaternary nitrogens is 1. The van der Waals surface area contributed by atoms with Crippen molar-refractivity contribution >= 4 is 60.7 Å². The number of thiophene rings is 1. The van der Waals surface area contributed by atoms with Crippen LogP contribution in [0.1, 0.15) is 34.1 Å². The monoisotopic (exact) mass is 544 g/mol. The van der Waals surface area contributed by atoms with Crippen LogP contribution in [0.2, 0.25) is 0 Å². The number of hydrogen-bond donors (Lipinski definition) is 4. The van der Waals surface area contributed by atoms with Crippen LogP contribution < -0.4 is 15.5 Å². The molecule has 0 unspecified atom stereocenters. The Balaban J connectivity index is 0.00000320. The van der Waals surface area contributed by atoms with Gasteiger partial charge < -0.3 is 15.5 Å². The fourth-order valence-corrected chi connectivity index (χ4v) is 6.47. The standard InChI is InChI=1S/C24H23N5O5S2.H2O/c1-2-34-24(30)20-16-9-6-12-19(16)35-23(20)27-21-22(26-18-11-4-3-10-17(18)25-21)29-36(32,33)15-8-5-7-14(13-15)28-31;/h3-5,7-8,10-11,13,28,31H,2,6,9,12H2,1H3,(H,25,27)(H,26,29);1H2/p+1. The largest absolute Gasteiger partial charge is 0.462 e. The number of hydrogen-bond acceptors (Lipinski definition) is 9. The second-order valence-electron chi connectivity index (χ2n) is 8.12. The SMILES string of the molecule is CCOC(=O)c1c(Nc2nc3ccccc3nc2NS(=O)(=O)c2cccc([NH2+]O)c2)sc2c1CCC2.O. The van der Waals surface area contributed by atoms with Gasteiger partial charge in [0, 0.05) is 17.0 Å². The lowest BCUT2D eigenvalue weighted by molar-refractivity contribution is -0.825. The molecule has 0 radical (unpaired) electrons. The lowest BCUT2D eigenvalue weighted by Crippen LogP contribution is -2.73. The predicted molar refractivity (Wildman–Crippen MR) is 139 cm³/mol.